The molecule has 1 atom stereocenters. The van der Waals surface area contributed by atoms with Crippen LogP contribution >= 0.6 is 0 Å². The first-order valence-corrected chi connectivity index (χ1v) is 5.22. The van der Waals surface area contributed by atoms with Gasteiger partial charge in [-0.2, -0.15) is 5.10 Å². The van der Waals surface area contributed by atoms with Crippen LogP contribution in [0.2, 0.25) is 0 Å². The van der Waals surface area contributed by atoms with Crippen LogP contribution in [0.15, 0.2) is 0 Å². The molecule has 1 heterocycles. The van der Waals surface area contributed by atoms with E-state index in [0.29, 0.717) is 5.92 Å². The molecule has 0 spiro atoms. The quantitative estimate of drug-likeness (QED) is 0.742. The molecule has 1 aliphatic rings. The van der Waals surface area contributed by atoms with Crippen LogP contribution in [0.3, 0.4) is 0 Å². The lowest BCUT2D eigenvalue weighted by atomic mass is 9.85. The van der Waals surface area contributed by atoms with Crippen LogP contribution in [-0.4, -0.2) is 16.0 Å². The predicted octanol–water partition coefficient (Wildman–Crippen LogP) is 2.30. The number of aromatic amines is 1. The van der Waals surface area contributed by atoms with E-state index in [1.807, 2.05) is 6.92 Å². The van der Waals surface area contributed by atoms with Gasteiger partial charge >= 0.3 is 0 Å². The van der Waals surface area contributed by atoms with Gasteiger partial charge in [-0.3, -0.25) is 9.89 Å². The summed E-state index contributed by atoms with van der Waals surface area (Å²) in [6.07, 6.45) is 1.91. The van der Waals surface area contributed by atoms with Gasteiger partial charge in [-0.05, 0) is 18.8 Å². The number of fused-ring (bicyclic) bond motifs is 1. The van der Waals surface area contributed by atoms with Crippen molar-refractivity contribution in [3.63, 3.8) is 0 Å². The number of nitrogens with zero attached hydrogens (tertiary/aromatic N) is 1. The molecule has 0 saturated heterocycles. The van der Waals surface area contributed by atoms with Crippen molar-refractivity contribution in [1.29, 1.82) is 0 Å². The molecule has 1 aromatic heterocycles. The van der Waals surface area contributed by atoms with Gasteiger partial charge in [0.15, 0.2) is 5.78 Å². The van der Waals surface area contributed by atoms with Gasteiger partial charge in [0.05, 0.1) is 11.3 Å². The number of rotatable bonds is 1. The second-order valence-corrected chi connectivity index (χ2v) is 4.42. The van der Waals surface area contributed by atoms with E-state index in [0.717, 1.165) is 29.8 Å². The number of ketones is 1. The lowest BCUT2D eigenvalue weighted by Crippen LogP contribution is -2.20. The maximum atomic E-state index is 11.9. The van der Waals surface area contributed by atoms with Gasteiger partial charge in [-0.15, -0.1) is 0 Å². The number of aromatic nitrogens is 2. The molecule has 0 fully saturated rings. The fourth-order valence-electron chi connectivity index (χ4n) is 2.01. The molecule has 0 aromatic carbocycles. The summed E-state index contributed by atoms with van der Waals surface area (Å²) in [5.41, 5.74) is 2.85. The number of hydrogen-bond acceptors (Lipinski definition) is 2. The molecule has 3 nitrogen and oxygen atoms in total. The minimum absolute atomic E-state index is 0.164. The van der Waals surface area contributed by atoms with Crippen molar-refractivity contribution in [2.45, 2.75) is 39.5 Å². The number of carbonyl (C=O) groups excluding carboxylic acids is 1. The Kier molecular flexibility index (Phi) is 2.17. The van der Waals surface area contributed by atoms with Crippen molar-refractivity contribution in [3.05, 3.63) is 17.0 Å². The molecule has 0 unspecified atom stereocenters. The molecule has 0 radical (unpaired) electrons. The minimum Gasteiger partial charge on any atom is -0.294 e. The Morgan fingerprint density at radius 3 is 2.86 bits per heavy atom. The zero-order valence-electron chi connectivity index (χ0n) is 8.92. The van der Waals surface area contributed by atoms with Crippen LogP contribution in [0, 0.1) is 5.92 Å². The normalized spacial score (nSPS) is 21.4. The van der Waals surface area contributed by atoms with Crippen molar-refractivity contribution in [2.24, 2.45) is 5.92 Å². The van der Waals surface area contributed by atoms with E-state index >= 15 is 0 Å². The standard InChI is InChI=1S/C11H16N2O/c1-6(2)10-9-8(12-13-10)5-4-7(3)11(9)14/h6-7H,4-5H2,1-3H3,(H,12,13)/t7-/m1/s1. The maximum Gasteiger partial charge on any atom is 0.169 e. The summed E-state index contributed by atoms with van der Waals surface area (Å²) in [4.78, 5) is 11.9. The third-order valence-electron chi connectivity index (χ3n) is 2.94. The monoisotopic (exact) mass is 192 g/mol. The maximum absolute atomic E-state index is 11.9. The largest absolute Gasteiger partial charge is 0.294 e. The molecule has 0 saturated carbocycles. The summed E-state index contributed by atoms with van der Waals surface area (Å²) in [5, 5.41) is 7.22. The van der Waals surface area contributed by atoms with Crippen molar-refractivity contribution in [2.75, 3.05) is 0 Å². The number of Topliss-reactive ketones (excluding diaryl/α,β-unsaturated/α-hetero) is 1. The van der Waals surface area contributed by atoms with Crippen LogP contribution < -0.4 is 0 Å². The summed E-state index contributed by atoms with van der Waals surface area (Å²) < 4.78 is 0. The predicted molar refractivity (Wildman–Crippen MR) is 54.5 cm³/mol. The van der Waals surface area contributed by atoms with Gasteiger partial charge in [0.25, 0.3) is 0 Å². The topological polar surface area (TPSA) is 45.8 Å². The summed E-state index contributed by atoms with van der Waals surface area (Å²) >= 11 is 0. The number of nitrogens with one attached hydrogen (secondary N) is 1. The van der Waals surface area contributed by atoms with Gasteiger partial charge in [0.2, 0.25) is 0 Å². The molecular formula is C11H16N2O. The van der Waals surface area contributed by atoms with Crippen molar-refractivity contribution >= 4 is 5.78 Å². The molecule has 1 aromatic rings. The Morgan fingerprint density at radius 1 is 1.50 bits per heavy atom. The Balaban J connectivity index is 2.50. The second-order valence-electron chi connectivity index (χ2n) is 4.42. The van der Waals surface area contributed by atoms with Crippen LogP contribution in [0.25, 0.3) is 0 Å². The van der Waals surface area contributed by atoms with Crippen LogP contribution in [0.1, 0.15) is 54.9 Å². The SMILES string of the molecule is CC(C)c1n[nH]c2c1C(=O)[C@H](C)CC2. The highest BCUT2D eigenvalue weighted by molar-refractivity contribution is 6.00. The first-order valence-electron chi connectivity index (χ1n) is 5.22. The van der Waals surface area contributed by atoms with Crippen LogP contribution in [0.5, 0.6) is 0 Å². The Labute approximate surface area is 83.9 Å². The Bertz CT molecular complexity index is 365. The molecule has 14 heavy (non-hydrogen) atoms. The van der Waals surface area contributed by atoms with Crippen LogP contribution in [-0.2, 0) is 6.42 Å². The van der Waals surface area contributed by atoms with E-state index < -0.39 is 0 Å². The fraction of sp³-hybridized carbons (Fsp3) is 0.636. The zero-order valence-corrected chi connectivity index (χ0v) is 8.92. The summed E-state index contributed by atoms with van der Waals surface area (Å²) in [7, 11) is 0. The lowest BCUT2D eigenvalue weighted by Gasteiger charge is -2.17. The van der Waals surface area contributed by atoms with E-state index in [-0.39, 0.29) is 11.7 Å². The van der Waals surface area contributed by atoms with Gasteiger partial charge < -0.3 is 0 Å². The summed E-state index contributed by atoms with van der Waals surface area (Å²) in [5.74, 6) is 0.755. The minimum atomic E-state index is 0.164. The highest BCUT2D eigenvalue weighted by atomic mass is 16.1. The molecule has 0 bridgehead atoms. The molecule has 2 rings (SSSR count). The Hall–Kier alpha value is -1.12. The van der Waals surface area contributed by atoms with Gasteiger partial charge in [-0.1, -0.05) is 20.8 Å². The third-order valence-corrected chi connectivity index (χ3v) is 2.94. The average Bonchev–Trinajstić information content (AvgIpc) is 2.55. The molecule has 0 aliphatic heterocycles. The molecule has 0 amide bonds. The van der Waals surface area contributed by atoms with Crippen molar-refractivity contribution in [1.82, 2.24) is 10.2 Å². The van der Waals surface area contributed by atoms with E-state index in [2.05, 4.69) is 24.0 Å². The molecule has 3 heteroatoms. The first-order chi connectivity index (χ1) is 6.61. The van der Waals surface area contributed by atoms with E-state index in [1.54, 1.807) is 0 Å². The highest BCUT2D eigenvalue weighted by Gasteiger charge is 2.29. The van der Waals surface area contributed by atoms with Crippen molar-refractivity contribution in [3.8, 4) is 0 Å². The van der Waals surface area contributed by atoms with Gasteiger partial charge in [-0.25, -0.2) is 0 Å². The van der Waals surface area contributed by atoms with Crippen molar-refractivity contribution < 1.29 is 4.79 Å². The van der Waals surface area contributed by atoms with Gasteiger partial charge in [0, 0.05) is 11.6 Å². The number of aryl methyl sites for hydroxylation is 1. The summed E-state index contributed by atoms with van der Waals surface area (Å²) in [6.45, 7) is 6.15. The number of carbonyl (C=O) groups is 1. The number of hydrogen-bond donors (Lipinski definition) is 1. The van der Waals surface area contributed by atoms with E-state index in [9.17, 15) is 4.79 Å². The molecular weight excluding hydrogens is 176 g/mol. The smallest absolute Gasteiger partial charge is 0.169 e. The lowest BCUT2D eigenvalue weighted by molar-refractivity contribution is 0.0912. The third kappa shape index (κ3) is 1.27. The second kappa shape index (κ2) is 3.23. The van der Waals surface area contributed by atoms with E-state index in [4.69, 9.17) is 0 Å². The molecule has 1 aliphatic carbocycles. The fourth-order valence-corrected chi connectivity index (χ4v) is 2.01. The van der Waals surface area contributed by atoms with Gasteiger partial charge in [0.1, 0.15) is 0 Å². The Morgan fingerprint density at radius 2 is 2.21 bits per heavy atom. The highest BCUT2D eigenvalue weighted by Crippen LogP contribution is 2.29. The summed E-state index contributed by atoms with van der Waals surface area (Å²) in [6, 6.07) is 0. The number of H-pyrrole nitrogens is 1. The molecule has 76 valence electrons. The van der Waals surface area contributed by atoms with Crippen LogP contribution in [0.4, 0.5) is 0 Å². The zero-order chi connectivity index (χ0) is 10.3. The van der Waals surface area contributed by atoms with E-state index in [1.165, 1.54) is 0 Å². The molecule has 1 N–H and O–H groups in total. The first kappa shape index (κ1) is 9.44. The average molecular weight is 192 g/mol.